The number of nitrogens with zero attached hydrogens (tertiary/aromatic N) is 3. The van der Waals surface area contributed by atoms with Crippen LogP contribution < -0.4 is 9.46 Å². The number of likely N-dealkylation sites (N-methyl/N-ethyl adjacent to an activating group) is 1. The molecule has 1 N–H and O–H groups in total. The average Bonchev–Trinajstić information content (AvgIpc) is 3.71. The van der Waals surface area contributed by atoms with E-state index in [1.54, 1.807) is 37.4 Å². The summed E-state index contributed by atoms with van der Waals surface area (Å²) in [5.74, 6) is 0.391. The molecule has 4 heterocycles. The number of rotatable bonds is 7. The molecule has 11 heteroatoms. The van der Waals surface area contributed by atoms with Crippen molar-refractivity contribution in [3.8, 4) is 17.0 Å². The highest BCUT2D eigenvalue weighted by Gasteiger charge is 2.65. The molecule has 4 fully saturated rings. The van der Waals surface area contributed by atoms with Gasteiger partial charge in [-0.05, 0) is 104 Å². The fourth-order valence-corrected chi connectivity index (χ4v) is 11.5. The Kier molecular flexibility index (Phi) is 8.24. The lowest BCUT2D eigenvalue weighted by atomic mass is 9.81. The number of carbonyl (C=O) groups is 2. The Morgan fingerprint density at radius 1 is 0.962 bits per heavy atom. The molecule has 2 saturated carbocycles. The second kappa shape index (κ2) is 12.6. The molecular formula is C41H45ClN4O5S. The minimum atomic E-state index is -4.01. The predicted octanol–water partition coefficient (Wildman–Crippen LogP) is 7.07. The SMILES string of the molecule is COc1ccc2c(c1)C1CC1(C(=O)N1C3CCC1CN(C)C3)Cn1c-2c(C2CCCCC2)c2ccc(C(=O)NS(=O)(=O)Cc3cccc(Cl)c3)cc21. The number of methoxy groups -OCH3 is 1. The third kappa shape index (κ3) is 5.64. The van der Waals surface area contributed by atoms with E-state index in [1.165, 1.54) is 12.0 Å². The van der Waals surface area contributed by atoms with Crippen LogP contribution in [0.5, 0.6) is 5.75 Å². The normalized spacial score (nSPS) is 25.6. The molecular weight excluding hydrogens is 696 g/mol. The molecule has 2 amide bonds. The van der Waals surface area contributed by atoms with Crippen molar-refractivity contribution >= 4 is 44.3 Å². The van der Waals surface area contributed by atoms with Crippen molar-refractivity contribution in [2.75, 3.05) is 27.2 Å². The molecule has 0 radical (unpaired) electrons. The number of fused-ring (bicyclic) bond motifs is 9. The molecule has 3 aliphatic heterocycles. The van der Waals surface area contributed by atoms with Crippen LogP contribution in [-0.2, 0) is 27.1 Å². The van der Waals surface area contributed by atoms with Crippen molar-refractivity contribution in [3.63, 3.8) is 0 Å². The first-order valence-electron chi connectivity index (χ1n) is 18.7. The number of hydrogen-bond donors (Lipinski definition) is 1. The minimum Gasteiger partial charge on any atom is -0.497 e. The van der Waals surface area contributed by atoms with E-state index in [0.29, 0.717) is 23.0 Å². The first-order valence-corrected chi connectivity index (χ1v) is 20.7. The van der Waals surface area contributed by atoms with Crippen molar-refractivity contribution in [2.24, 2.45) is 5.41 Å². The first kappa shape index (κ1) is 33.9. The van der Waals surface area contributed by atoms with Gasteiger partial charge in [-0.15, -0.1) is 0 Å². The summed E-state index contributed by atoms with van der Waals surface area (Å²) >= 11 is 6.10. The Balaban J connectivity index is 1.17. The van der Waals surface area contributed by atoms with E-state index in [0.717, 1.165) is 91.5 Å². The Labute approximate surface area is 310 Å². The van der Waals surface area contributed by atoms with Crippen LogP contribution in [0.3, 0.4) is 0 Å². The van der Waals surface area contributed by atoms with E-state index in [1.807, 2.05) is 18.2 Å². The van der Waals surface area contributed by atoms with Gasteiger partial charge < -0.3 is 19.1 Å². The lowest BCUT2D eigenvalue weighted by Gasteiger charge is -2.41. The maximum Gasteiger partial charge on any atom is 0.264 e. The lowest BCUT2D eigenvalue weighted by molar-refractivity contribution is -0.143. The van der Waals surface area contributed by atoms with E-state index in [2.05, 4.69) is 38.3 Å². The first-order chi connectivity index (χ1) is 25.0. The van der Waals surface area contributed by atoms with Crippen LogP contribution in [0.15, 0.2) is 60.7 Å². The number of ether oxygens (including phenoxy) is 1. The average molecular weight is 741 g/mol. The number of carbonyl (C=O) groups excluding carboxylic acids is 2. The Morgan fingerprint density at radius 2 is 1.73 bits per heavy atom. The number of halogens is 1. The molecule has 2 saturated heterocycles. The number of likely N-dealkylation sites (tertiary alicyclic amines) is 1. The van der Waals surface area contributed by atoms with Crippen molar-refractivity contribution < 1.29 is 22.7 Å². The highest BCUT2D eigenvalue weighted by molar-refractivity contribution is 7.89. The molecule has 9 rings (SSSR count). The molecule has 2 bridgehead atoms. The third-order valence-electron chi connectivity index (χ3n) is 12.6. The van der Waals surface area contributed by atoms with E-state index in [-0.39, 0.29) is 35.2 Å². The quantitative estimate of drug-likeness (QED) is 0.218. The maximum atomic E-state index is 15.1. The predicted molar refractivity (Wildman–Crippen MR) is 202 cm³/mol. The van der Waals surface area contributed by atoms with Crippen molar-refractivity contribution in [1.82, 2.24) is 19.1 Å². The summed E-state index contributed by atoms with van der Waals surface area (Å²) in [7, 11) is -0.162. The van der Waals surface area contributed by atoms with Gasteiger partial charge in [0, 0.05) is 64.7 Å². The maximum absolute atomic E-state index is 15.1. The van der Waals surface area contributed by atoms with E-state index < -0.39 is 21.3 Å². The van der Waals surface area contributed by atoms with E-state index >= 15 is 4.79 Å². The standard InChI is InChI=1S/C41H45ClN4O5S/c1-44-21-29-12-13-30(22-44)46(29)40(48)41-20-35(41)34-19-31(51-2)14-16-32(34)38-37(26-8-4-3-5-9-26)33-15-11-27(18-36(33)45(38)24-41)39(47)43-52(49,50)23-25-7-6-10-28(42)17-25/h6-7,10-11,14-19,26,29-30,35H,3-5,8-9,12-13,20-24H2,1-2H3,(H,43,47). The van der Waals surface area contributed by atoms with Crippen LogP contribution in [-0.4, -0.2) is 73.9 Å². The smallest absolute Gasteiger partial charge is 0.264 e. The number of nitrogens with one attached hydrogen (secondary N) is 1. The topological polar surface area (TPSA) is 101 Å². The number of benzene rings is 3. The summed E-state index contributed by atoms with van der Waals surface area (Å²) in [6.45, 7) is 2.31. The zero-order chi connectivity index (χ0) is 35.9. The Hall–Kier alpha value is -3.86. The molecule has 1 aromatic heterocycles. The van der Waals surface area contributed by atoms with Gasteiger partial charge in [0.15, 0.2) is 0 Å². The monoisotopic (exact) mass is 740 g/mol. The number of amides is 2. The van der Waals surface area contributed by atoms with Crippen LogP contribution in [0.1, 0.15) is 90.3 Å². The number of piperazine rings is 1. The van der Waals surface area contributed by atoms with E-state index in [9.17, 15) is 13.2 Å². The lowest BCUT2D eigenvalue weighted by Crippen LogP contribution is -2.57. The summed E-state index contributed by atoms with van der Waals surface area (Å²) in [6, 6.07) is 19.0. The van der Waals surface area contributed by atoms with Gasteiger partial charge in [0.05, 0.1) is 24.0 Å². The van der Waals surface area contributed by atoms with Crippen LogP contribution in [0, 0.1) is 5.41 Å². The second-order valence-corrected chi connectivity index (χ2v) is 18.1. The van der Waals surface area contributed by atoms with E-state index in [4.69, 9.17) is 16.3 Å². The Bertz CT molecular complexity index is 2220. The Morgan fingerprint density at radius 3 is 2.46 bits per heavy atom. The summed E-state index contributed by atoms with van der Waals surface area (Å²) < 4.78 is 36.8. The van der Waals surface area contributed by atoms with Crippen molar-refractivity contribution in [3.05, 3.63) is 87.9 Å². The third-order valence-corrected chi connectivity index (χ3v) is 14.0. The second-order valence-electron chi connectivity index (χ2n) is 15.9. The molecule has 3 aromatic carbocycles. The molecule has 4 atom stereocenters. The molecule has 0 spiro atoms. The zero-order valence-electron chi connectivity index (χ0n) is 29.7. The minimum absolute atomic E-state index is 0.0569. The van der Waals surface area contributed by atoms with Crippen LogP contribution in [0.2, 0.25) is 5.02 Å². The van der Waals surface area contributed by atoms with Gasteiger partial charge in [-0.2, -0.15) is 0 Å². The largest absolute Gasteiger partial charge is 0.497 e. The van der Waals surface area contributed by atoms with Gasteiger partial charge >= 0.3 is 0 Å². The van der Waals surface area contributed by atoms with Crippen molar-refractivity contribution in [1.29, 1.82) is 0 Å². The number of sulfonamides is 1. The summed E-state index contributed by atoms with van der Waals surface area (Å²) in [5, 5.41) is 1.50. The zero-order valence-corrected chi connectivity index (χ0v) is 31.3. The molecule has 4 unspecified atom stereocenters. The fraction of sp³-hybridized carbons (Fsp3) is 0.463. The highest BCUT2D eigenvalue weighted by Crippen LogP contribution is 2.66. The van der Waals surface area contributed by atoms with Gasteiger partial charge in [-0.3, -0.25) is 9.59 Å². The molecule has 5 aliphatic rings. The highest BCUT2D eigenvalue weighted by atomic mass is 35.5. The number of aromatic nitrogens is 1. The van der Waals surface area contributed by atoms with Gasteiger partial charge in [0.1, 0.15) is 5.75 Å². The van der Waals surface area contributed by atoms with Crippen LogP contribution in [0.25, 0.3) is 22.2 Å². The fourth-order valence-electron chi connectivity index (χ4n) is 10.2. The molecule has 272 valence electrons. The molecule has 9 nitrogen and oxygen atoms in total. The van der Waals surface area contributed by atoms with Gasteiger partial charge in [-0.1, -0.05) is 49.1 Å². The van der Waals surface area contributed by atoms with Gasteiger partial charge in [0.2, 0.25) is 15.9 Å². The molecule has 4 aromatic rings. The van der Waals surface area contributed by atoms with Gasteiger partial charge in [0.25, 0.3) is 5.91 Å². The molecule has 52 heavy (non-hydrogen) atoms. The summed E-state index contributed by atoms with van der Waals surface area (Å²) in [5.41, 5.74) is 5.73. The van der Waals surface area contributed by atoms with Crippen molar-refractivity contribution in [2.45, 2.75) is 87.6 Å². The van der Waals surface area contributed by atoms with Crippen LogP contribution >= 0.6 is 11.6 Å². The molecule has 2 aliphatic carbocycles. The summed E-state index contributed by atoms with van der Waals surface area (Å²) in [6.07, 6.45) is 8.54. The van der Waals surface area contributed by atoms with Gasteiger partial charge in [-0.25, -0.2) is 13.1 Å². The summed E-state index contributed by atoms with van der Waals surface area (Å²) in [4.78, 5) is 33.4. The van der Waals surface area contributed by atoms with Crippen LogP contribution in [0.4, 0.5) is 0 Å². The number of hydrogen-bond acceptors (Lipinski definition) is 6.